The van der Waals surface area contributed by atoms with Gasteiger partial charge in [-0.2, -0.15) is 4.31 Å². The number of halogens is 1. The van der Waals surface area contributed by atoms with Gasteiger partial charge < -0.3 is 15.4 Å². The molecule has 0 spiro atoms. The number of hydrogen-bond donors (Lipinski definition) is 3. The second kappa shape index (κ2) is 9.54. The largest absolute Gasteiger partial charge is 0.480 e. The van der Waals surface area contributed by atoms with Gasteiger partial charge in [0.1, 0.15) is 6.04 Å². The predicted octanol–water partition coefficient (Wildman–Crippen LogP) is 3.03. The fraction of sp³-hybridized carbons (Fsp3) is 0.304. The lowest BCUT2D eigenvalue weighted by molar-refractivity contribution is -0.142. The Balaban J connectivity index is 1.38. The van der Waals surface area contributed by atoms with Gasteiger partial charge in [0.2, 0.25) is 15.9 Å². The third-order valence-corrected chi connectivity index (χ3v) is 8.15. The standard InChI is InChI=1S/C23H24ClN3O5S/c24-17-5-7-18(8-6-17)33(31,32)27-11-9-15(10-12-27)22(28)26-21(23(29)30)13-16-14-25-20-4-2-1-3-19(16)20/h1-8,14-15,21,25H,9-13H2,(H,26,28)(H,29,30)/t21-/m0/s1. The number of amides is 1. The van der Waals surface area contributed by atoms with Gasteiger partial charge in [-0.15, -0.1) is 0 Å². The van der Waals surface area contributed by atoms with Crippen molar-refractivity contribution in [3.63, 3.8) is 0 Å². The fourth-order valence-corrected chi connectivity index (χ4v) is 5.72. The molecule has 0 bridgehead atoms. The van der Waals surface area contributed by atoms with Crippen molar-refractivity contribution in [1.82, 2.24) is 14.6 Å². The summed E-state index contributed by atoms with van der Waals surface area (Å²) in [4.78, 5) is 27.9. The summed E-state index contributed by atoms with van der Waals surface area (Å²) in [5.74, 6) is -1.94. The molecule has 33 heavy (non-hydrogen) atoms. The first kappa shape index (κ1) is 23.3. The minimum absolute atomic E-state index is 0.148. The SMILES string of the molecule is O=C(N[C@@H](Cc1c[nH]c2ccccc12)C(=O)O)C1CCN(S(=O)(=O)c2ccc(Cl)cc2)CC1. The van der Waals surface area contributed by atoms with E-state index < -0.39 is 28.0 Å². The quantitative estimate of drug-likeness (QED) is 0.471. The number of carboxylic acid groups (broad SMARTS) is 1. The molecule has 1 aliphatic heterocycles. The summed E-state index contributed by atoms with van der Waals surface area (Å²) in [6, 6.07) is 12.4. The van der Waals surface area contributed by atoms with Crippen molar-refractivity contribution in [3.8, 4) is 0 Å². The average molecular weight is 490 g/mol. The van der Waals surface area contributed by atoms with Crippen LogP contribution in [0.1, 0.15) is 18.4 Å². The zero-order chi connectivity index (χ0) is 23.6. The van der Waals surface area contributed by atoms with Crippen LogP contribution in [0, 0.1) is 5.92 Å². The molecule has 2 aromatic carbocycles. The molecule has 3 aromatic rings. The number of rotatable bonds is 7. The van der Waals surface area contributed by atoms with E-state index in [1.165, 1.54) is 28.6 Å². The molecule has 1 saturated heterocycles. The monoisotopic (exact) mass is 489 g/mol. The average Bonchev–Trinajstić information content (AvgIpc) is 3.22. The van der Waals surface area contributed by atoms with Crippen LogP contribution in [-0.4, -0.2) is 53.8 Å². The van der Waals surface area contributed by atoms with Gasteiger partial charge in [0.25, 0.3) is 0 Å². The summed E-state index contributed by atoms with van der Waals surface area (Å²) < 4.78 is 27.0. The number of nitrogens with one attached hydrogen (secondary N) is 2. The smallest absolute Gasteiger partial charge is 0.326 e. The zero-order valence-corrected chi connectivity index (χ0v) is 19.3. The lowest BCUT2D eigenvalue weighted by Gasteiger charge is -2.31. The molecular weight excluding hydrogens is 466 g/mol. The Morgan fingerprint density at radius 2 is 1.79 bits per heavy atom. The Bertz CT molecular complexity index is 1260. The maximum absolute atomic E-state index is 12.8. The molecule has 1 fully saturated rings. The number of piperidine rings is 1. The van der Waals surface area contributed by atoms with E-state index in [1.807, 2.05) is 24.3 Å². The summed E-state index contributed by atoms with van der Waals surface area (Å²) in [5.41, 5.74) is 1.71. The van der Waals surface area contributed by atoms with Crippen LogP contribution in [0.4, 0.5) is 0 Å². The molecular formula is C23H24ClN3O5S. The second-order valence-corrected chi connectivity index (χ2v) is 10.5. The highest BCUT2D eigenvalue weighted by molar-refractivity contribution is 7.89. The van der Waals surface area contributed by atoms with Crippen molar-refractivity contribution in [2.24, 2.45) is 5.92 Å². The summed E-state index contributed by atoms with van der Waals surface area (Å²) in [6.45, 7) is 0.368. The van der Waals surface area contributed by atoms with Crippen LogP contribution in [0.15, 0.2) is 59.6 Å². The summed E-state index contributed by atoms with van der Waals surface area (Å²) in [7, 11) is -3.67. The van der Waals surface area contributed by atoms with E-state index in [1.54, 1.807) is 6.20 Å². The second-order valence-electron chi connectivity index (χ2n) is 8.10. The first-order valence-electron chi connectivity index (χ1n) is 10.6. The Hall–Kier alpha value is -2.88. The number of nitrogens with zero attached hydrogens (tertiary/aromatic N) is 1. The number of para-hydroxylation sites is 1. The van der Waals surface area contributed by atoms with Gasteiger partial charge in [-0.3, -0.25) is 4.79 Å². The molecule has 1 aliphatic rings. The molecule has 10 heteroatoms. The number of sulfonamides is 1. The third kappa shape index (κ3) is 5.05. The molecule has 0 saturated carbocycles. The van der Waals surface area contributed by atoms with Crippen LogP contribution < -0.4 is 5.32 Å². The first-order chi connectivity index (χ1) is 15.8. The van der Waals surface area contributed by atoms with Crippen LogP contribution in [0.25, 0.3) is 10.9 Å². The summed E-state index contributed by atoms with van der Waals surface area (Å²) in [5, 5.41) is 13.7. The molecule has 174 valence electrons. The number of aliphatic carboxylic acids is 1. The number of aromatic nitrogens is 1. The zero-order valence-electron chi connectivity index (χ0n) is 17.7. The van der Waals surface area contributed by atoms with Gasteiger partial charge in [-0.1, -0.05) is 29.8 Å². The first-order valence-corrected chi connectivity index (χ1v) is 12.4. The topological polar surface area (TPSA) is 120 Å². The van der Waals surface area contributed by atoms with E-state index in [0.29, 0.717) is 17.9 Å². The van der Waals surface area contributed by atoms with Gasteiger partial charge >= 0.3 is 5.97 Å². The minimum atomic E-state index is -3.67. The number of fused-ring (bicyclic) bond motifs is 1. The van der Waals surface area contributed by atoms with Crippen LogP contribution in [0.5, 0.6) is 0 Å². The maximum atomic E-state index is 12.8. The number of benzene rings is 2. The van der Waals surface area contributed by atoms with Crippen molar-refractivity contribution >= 4 is 44.4 Å². The number of carbonyl (C=O) groups excluding carboxylic acids is 1. The summed E-state index contributed by atoms with van der Waals surface area (Å²) >= 11 is 5.84. The molecule has 1 amide bonds. The Labute approximate surface area is 196 Å². The number of carbonyl (C=O) groups is 2. The van der Waals surface area contributed by atoms with Gasteiger partial charge in [0, 0.05) is 47.6 Å². The number of hydrogen-bond acceptors (Lipinski definition) is 4. The van der Waals surface area contributed by atoms with Crippen molar-refractivity contribution < 1.29 is 23.1 Å². The summed E-state index contributed by atoms with van der Waals surface area (Å²) in [6.07, 6.45) is 2.54. The van der Waals surface area contributed by atoms with E-state index in [-0.39, 0.29) is 30.3 Å². The molecule has 0 aliphatic carbocycles. The highest BCUT2D eigenvalue weighted by Crippen LogP contribution is 2.25. The number of H-pyrrole nitrogens is 1. The van der Waals surface area contributed by atoms with Crippen molar-refractivity contribution in [2.45, 2.75) is 30.2 Å². The van der Waals surface area contributed by atoms with Crippen LogP contribution in [-0.2, 0) is 26.0 Å². The van der Waals surface area contributed by atoms with Crippen LogP contribution >= 0.6 is 11.6 Å². The molecule has 1 atom stereocenters. The molecule has 0 radical (unpaired) electrons. The van der Waals surface area contributed by atoms with E-state index in [9.17, 15) is 23.1 Å². The van der Waals surface area contributed by atoms with Gasteiger partial charge in [-0.05, 0) is 48.7 Å². The minimum Gasteiger partial charge on any atom is -0.480 e. The Kier molecular flexibility index (Phi) is 6.73. The van der Waals surface area contributed by atoms with Crippen molar-refractivity contribution in [3.05, 3.63) is 65.3 Å². The molecule has 8 nitrogen and oxygen atoms in total. The number of aromatic amines is 1. The molecule has 1 aromatic heterocycles. The molecule has 4 rings (SSSR count). The van der Waals surface area contributed by atoms with Crippen LogP contribution in [0.3, 0.4) is 0 Å². The van der Waals surface area contributed by atoms with Gasteiger partial charge in [0.15, 0.2) is 0 Å². The lowest BCUT2D eigenvalue weighted by atomic mass is 9.96. The van der Waals surface area contributed by atoms with Crippen LogP contribution in [0.2, 0.25) is 5.02 Å². The fourth-order valence-electron chi connectivity index (χ4n) is 4.12. The van der Waals surface area contributed by atoms with Crippen molar-refractivity contribution in [2.75, 3.05) is 13.1 Å². The van der Waals surface area contributed by atoms with E-state index >= 15 is 0 Å². The van der Waals surface area contributed by atoms with E-state index in [2.05, 4.69) is 10.3 Å². The third-order valence-electron chi connectivity index (χ3n) is 5.99. The highest BCUT2D eigenvalue weighted by Gasteiger charge is 2.33. The Morgan fingerprint density at radius 1 is 1.12 bits per heavy atom. The lowest BCUT2D eigenvalue weighted by Crippen LogP contribution is -2.48. The number of carboxylic acids is 1. The normalized spacial score (nSPS) is 16.5. The molecule has 3 N–H and O–H groups in total. The maximum Gasteiger partial charge on any atom is 0.326 e. The Morgan fingerprint density at radius 3 is 2.45 bits per heavy atom. The molecule has 2 heterocycles. The van der Waals surface area contributed by atoms with E-state index in [4.69, 9.17) is 11.6 Å². The predicted molar refractivity (Wildman–Crippen MR) is 125 cm³/mol. The van der Waals surface area contributed by atoms with Crippen molar-refractivity contribution in [1.29, 1.82) is 0 Å². The highest BCUT2D eigenvalue weighted by atomic mass is 35.5. The van der Waals surface area contributed by atoms with Gasteiger partial charge in [0.05, 0.1) is 4.90 Å². The molecule has 0 unspecified atom stereocenters. The van der Waals surface area contributed by atoms with Gasteiger partial charge in [-0.25, -0.2) is 13.2 Å². The van der Waals surface area contributed by atoms with E-state index in [0.717, 1.165) is 16.5 Å².